The molecule has 0 unspecified atom stereocenters. The summed E-state index contributed by atoms with van der Waals surface area (Å²) in [5.74, 6) is 0.239. The Labute approximate surface area is 119 Å². The second-order valence-electron chi connectivity index (χ2n) is 5.09. The van der Waals surface area contributed by atoms with Crippen LogP contribution in [0.4, 0.5) is 0 Å². The van der Waals surface area contributed by atoms with E-state index in [0.29, 0.717) is 13.1 Å². The van der Waals surface area contributed by atoms with Crippen LogP contribution in [-0.2, 0) is 16.1 Å². The van der Waals surface area contributed by atoms with E-state index in [1.807, 2.05) is 0 Å². The molecule has 2 rings (SSSR count). The molecule has 0 radical (unpaired) electrons. The molecule has 1 aliphatic heterocycles. The van der Waals surface area contributed by atoms with Crippen LogP contribution in [0.25, 0.3) is 0 Å². The van der Waals surface area contributed by atoms with Gasteiger partial charge >= 0.3 is 0 Å². The molecule has 1 N–H and O–H groups in total. The van der Waals surface area contributed by atoms with Gasteiger partial charge in [0.1, 0.15) is 0 Å². The topological polar surface area (TPSA) is 72.3 Å². The zero-order valence-electron chi connectivity index (χ0n) is 12.0. The average Bonchev–Trinajstić information content (AvgIpc) is 2.98. The van der Waals surface area contributed by atoms with E-state index in [1.165, 1.54) is 0 Å². The van der Waals surface area contributed by atoms with Gasteiger partial charge < -0.3 is 15.0 Å². The van der Waals surface area contributed by atoms with Crippen LogP contribution in [0.15, 0.2) is 12.4 Å². The standard InChI is InChI=1S/C13H23N5O2/c1-20-10-9-17-6-2-3-12(11-17)13(19)14-4-7-18-8-5-15-16-18/h5,8,12H,2-4,6-7,9-11H2,1H3,(H,14,19)/t12-/m0/s1. The number of rotatable bonds is 7. The van der Waals surface area contributed by atoms with Crippen molar-refractivity contribution in [3.05, 3.63) is 12.4 Å². The number of carbonyl (C=O) groups is 1. The molecule has 0 spiro atoms. The molecule has 1 fully saturated rings. The molecule has 7 nitrogen and oxygen atoms in total. The minimum absolute atomic E-state index is 0.0938. The van der Waals surface area contributed by atoms with Crippen molar-refractivity contribution in [1.82, 2.24) is 25.2 Å². The zero-order valence-corrected chi connectivity index (χ0v) is 12.0. The third-order valence-corrected chi connectivity index (χ3v) is 3.60. The van der Waals surface area contributed by atoms with Crippen molar-refractivity contribution in [1.29, 1.82) is 0 Å². The van der Waals surface area contributed by atoms with Crippen LogP contribution in [-0.4, -0.2) is 65.7 Å². The maximum atomic E-state index is 12.1. The Morgan fingerprint density at radius 2 is 2.40 bits per heavy atom. The van der Waals surface area contributed by atoms with Gasteiger partial charge in [0, 0.05) is 32.9 Å². The van der Waals surface area contributed by atoms with E-state index in [-0.39, 0.29) is 11.8 Å². The first-order valence-corrected chi connectivity index (χ1v) is 7.12. The van der Waals surface area contributed by atoms with E-state index in [1.54, 1.807) is 24.2 Å². The lowest BCUT2D eigenvalue weighted by Gasteiger charge is -2.31. The van der Waals surface area contributed by atoms with Crippen LogP contribution in [0.2, 0.25) is 0 Å². The number of aromatic nitrogens is 3. The van der Waals surface area contributed by atoms with Gasteiger partial charge in [0.05, 0.1) is 25.3 Å². The van der Waals surface area contributed by atoms with E-state index < -0.39 is 0 Å². The van der Waals surface area contributed by atoms with Crippen LogP contribution in [0, 0.1) is 5.92 Å². The number of hydrogen-bond acceptors (Lipinski definition) is 5. The summed E-state index contributed by atoms with van der Waals surface area (Å²) >= 11 is 0. The molecule has 0 aliphatic carbocycles. The smallest absolute Gasteiger partial charge is 0.224 e. The molecule has 1 aromatic heterocycles. The van der Waals surface area contributed by atoms with Crippen molar-refractivity contribution < 1.29 is 9.53 Å². The number of nitrogens with one attached hydrogen (secondary N) is 1. The number of amides is 1. The quantitative estimate of drug-likeness (QED) is 0.746. The van der Waals surface area contributed by atoms with E-state index >= 15 is 0 Å². The third kappa shape index (κ3) is 4.57. The van der Waals surface area contributed by atoms with Crippen LogP contribution >= 0.6 is 0 Å². The first-order chi connectivity index (χ1) is 9.79. The number of hydrogen-bond donors (Lipinski definition) is 1. The molecule has 1 atom stereocenters. The first-order valence-electron chi connectivity index (χ1n) is 7.12. The van der Waals surface area contributed by atoms with E-state index in [2.05, 4.69) is 20.5 Å². The molecular weight excluding hydrogens is 258 g/mol. The van der Waals surface area contributed by atoms with Crippen molar-refractivity contribution in [2.24, 2.45) is 5.92 Å². The lowest BCUT2D eigenvalue weighted by atomic mass is 9.97. The molecule has 0 bridgehead atoms. The molecule has 20 heavy (non-hydrogen) atoms. The fourth-order valence-electron chi connectivity index (χ4n) is 2.48. The Kier molecular flexibility index (Phi) is 5.94. The number of methoxy groups -OCH3 is 1. The first kappa shape index (κ1) is 14.9. The fraction of sp³-hybridized carbons (Fsp3) is 0.769. The number of nitrogens with zero attached hydrogens (tertiary/aromatic N) is 4. The zero-order chi connectivity index (χ0) is 14.2. The average molecular weight is 281 g/mol. The molecule has 112 valence electrons. The Morgan fingerprint density at radius 3 is 3.15 bits per heavy atom. The molecule has 0 aromatic carbocycles. The number of likely N-dealkylation sites (tertiary alicyclic amines) is 1. The molecule has 7 heteroatoms. The predicted molar refractivity (Wildman–Crippen MR) is 74.1 cm³/mol. The molecule has 1 saturated heterocycles. The van der Waals surface area contributed by atoms with Gasteiger partial charge in [0.15, 0.2) is 0 Å². The summed E-state index contributed by atoms with van der Waals surface area (Å²) < 4.78 is 6.80. The summed E-state index contributed by atoms with van der Waals surface area (Å²) in [4.78, 5) is 14.4. The van der Waals surface area contributed by atoms with Crippen molar-refractivity contribution in [3.63, 3.8) is 0 Å². The Morgan fingerprint density at radius 1 is 1.50 bits per heavy atom. The molecule has 1 aromatic rings. The van der Waals surface area contributed by atoms with Crippen molar-refractivity contribution in [3.8, 4) is 0 Å². The summed E-state index contributed by atoms with van der Waals surface area (Å²) in [6.07, 6.45) is 5.47. The lowest BCUT2D eigenvalue weighted by molar-refractivity contribution is -0.126. The van der Waals surface area contributed by atoms with E-state index in [9.17, 15) is 4.79 Å². The van der Waals surface area contributed by atoms with E-state index in [4.69, 9.17) is 4.74 Å². The normalized spacial score (nSPS) is 19.9. The Bertz CT molecular complexity index is 395. The maximum absolute atomic E-state index is 12.1. The summed E-state index contributed by atoms with van der Waals surface area (Å²) in [5.41, 5.74) is 0. The van der Waals surface area contributed by atoms with E-state index in [0.717, 1.165) is 39.1 Å². The molecular formula is C13H23N5O2. The van der Waals surface area contributed by atoms with Gasteiger partial charge in [-0.05, 0) is 19.4 Å². The van der Waals surface area contributed by atoms with Crippen LogP contribution in [0.1, 0.15) is 12.8 Å². The third-order valence-electron chi connectivity index (χ3n) is 3.60. The van der Waals surface area contributed by atoms with Crippen molar-refractivity contribution in [2.45, 2.75) is 19.4 Å². The molecule has 1 aliphatic rings. The Hall–Kier alpha value is -1.47. The second-order valence-corrected chi connectivity index (χ2v) is 5.09. The van der Waals surface area contributed by atoms with Crippen LogP contribution in [0.3, 0.4) is 0 Å². The van der Waals surface area contributed by atoms with Gasteiger partial charge in [-0.1, -0.05) is 5.21 Å². The van der Waals surface area contributed by atoms with Crippen molar-refractivity contribution in [2.75, 3.05) is 39.9 Å². The maximum Gasteiger partial charge on any atom is 0.224 e. The molecule has 1 amide bonds. The minimum Gasteiger partial charge on any atom is -0.383 e. The lowest BCUT2D eigenvalue weighted by Crippen LogP contribution is -2.44. The fourth-order valence-corrected chi connectivity index (χ4v) is 2.48. The van der Waals surface area contributed by atoms with Gasteiger partial charge in [-0.25, -0.2) is 0 Å². The monoisotopic (exact) mass is 281 g/mol. The minimum atomic E-state index is 0.0938. The highest BCUT2D eigenvalue weighted by atomic mass is 16.5. The Balaban J connectivity index is 1.68. The number of carbonyl (C=O) groups excluding carboxylic acids is 1. The SMILES string of the molecule is COCCN1CCC[C@H](C(=O)NCCn2ccnn2)C1. The number of ether oxygens (including phenoxy) is 1. The largest absolute Gasteiger partial charge is 0.383 e. The highest BCUT2D eigenvalue weighted by Crippen LogP contribution is 2.16. The summed E-state index contributed by atoms with van der Waals surface area (Å²) in [7, 11) is 1.71. The highest BCUT2D eigenvalue weighted by molar-refractivity contribution is 5.78. The van der Waals surface area contributed by atoms with Crippen LogP contribution < -0.4 is 5.32 Å². The van der Waals surface area contributed by atoms with Gasteiger partial charge in [-0.15, -0.1) is 5.10 Å². The van der Waals surface area contributed by atoms with Gasteiger partial charge in [-0.3, -0.25) is 9.48 Å². The summed E-state index contributed by atoms with van der Waals surface area (Å²) in [6, 6.07) is 0. The van der Waals surface area contributed by atoms with Crippen LogP contribution in [0.5, 0.6) is 0 Å². The highest BCUT2D eigenvalue weighted by Gasteiger charge is 2.25. The molecule has 2 heterocycles. The second kappa shape index (κ2) is 7.96. The molecule has 0 saturated carbocycles. The van der Waals surface area contributed by atoms with Crippen molar-refractivity contribution >= 4 is 5.91 Å². The van der Waals surface area contributed by atoms with Gasteiger partial charge in [0.2, 0.25) is 5.91 Å². The number of piperidine rings is 1. The summed E-state index contributed by atoms with van der Waals surface area (Å²) in [5, 5.41) is 10.6. The predicted octanol–water partition coefficient (Wildman–Crippen LogP) is -0.247. The summed E-state index contributed by atoms with van der Waals surface area (Å²) in [6.45, 7) is 4.77. The van der Waals surface area contributed by atoms with Gasteiger partial charge in [0.25, 0.3) is 0 Å². The van der Waals surface area contributed by atoms with Gasteiger partial charge in [-0.2, -0.15) is 0 Å².